The second-order valence-electron chi connectivity index (χ2n) is 7.19. The first-order valence-electron chi connectivity index (χ1n) is 9.33. The lowest BCUT2D eigenvalue weighted by atomic mass is 10.1. The normalized spacial score (nSPS) is 11.1. The molecule has 0 saturated heterocycles. The maximum Gasteiger partial charge on any atom is 0.224 e. The van der Waals surface area contributed by atoms with Gasteiger partial charge in [-0.05, 0) is 35.6 Å². The number of thiophene rings is 1. The molecule has 0 atom stereocenters. The Labute approximate surface area is 172 Å². The van der Waals surface area contributed by atoms with E-state index in [4.69, 9.17) is 0 Å². The highest BCUT2D eigenvalue weighted by atomic mass is 32.1. The van der Waals surface area contributed by atoms with Crippen LogP contribution in [-0.2, 0) is 4.79 Å². The van der Waals surface area contributed by atoms with Crippen molar-refractivity contribution in [3.63, 3.8) is 0 Å². The van der Waals surface area contributed by atoms with Crippen LogP contribution in [0.5, 0.6) is 0 Å². The van der Waals surface area contributed by atoms with Crippen LogP contribution in [0, 0.1) is 5.92 Å². The number of aromatic nitrogens is 3. The minimum Gasteiger partial charge on any atom is -0.326 e. The highest BCUT2D eigenvalue weighted by Crippen LogP contribution is 2.25. The fourth-order valence-electron chi connectivity index (χ4n) is 3.16. The Balaban J connectivity index is 1.69. The summed E-state index contributed by atoms with van der Waals surface area (Å²) in [6, 6.07) is 11.2. The van der Waals surface area contributed by atoms with E-state index in [2.05, 4.69) is 15.4 Å². The van der Waals surface area contributed by atoms with Crippen LogP contribution in [-0.4, -0.2) is 26.3 Å². The number of ketones is 1. The highest BCUT2D eigenvalue weighted by molar-refractivity contribution is 7.08. The number of carbonyl (C=O) groups excluding carboxylic acids is 2. The molecule has 1 amide bonds. The van der Waals surface area contributed by atoms with E-state index >= 15 is 0 Å². The molecule has 0 saturated carbocycles. The van der Waals surface area contributed by atoms with E-state index in [-0.39, 0.29) is 11.7 Å². The Hall–Kier alpha value is -3.32. The van der Waals surface area contributed by atoms with E-state index in [1.165, 1.54) is 11.3 Å². The van der Waals surface area contributed by atoms with Gasteiger partial charge >= 0.3 is 0 Å². The molecule has 1 N–H and O–H groups in total. The summed E-state index contributed by atoms with van der Waals surface area (Å²) in [5, 5.41) is 11.0. The third-order valence-corrected chi connectivity index (χ3v) is 5.15. The zero-order valence-electron chi connectivity index (χ0n) is 16.1. The number of nitrogens with one attached hydrogen (secondary N) is 1. The van der Waals surface area contributed by atoms with Crippen LogP contribution >= 0.6 is 11.3 Å². The zero-order valence-corrected chi connectivity index (χ0v) is 16.9. The van der Waals surface area contributed by atoms with E-state index in [0.29, 0.717) is 29.1 Å². The van der Waals surface area contributed by atoms with E-state index < -0.39 is 0 Å². The predicted molar refractivity (Wildman–Crippen MR) is 114 cm³/mol. The number of rotatable bonds is 6. The van der Waals surface area contributed by atoms with Crippen LogP contribution in [0.2, 0.25) is 0 Å². The summed E-state index contributed by atoms with van der Waals surface area (Å²) in [6.45, 7) is 4.02. The van der Waals surface area contributed by atoms with Crippen molar-refractivity contribution < 1.29 is 9.59 Å². The summed E-state index contributed by atoms with van der Waals surface area (Å²) in [5.74, 6) is 0.182. The lowest BCUT2D eigenvalue weighted by Crippen LogP contribution is -2.13. The van der Waals surface area contributed by atoms with Gasteiger partial charge in [-0.15, -0.1) is 0 Å². The van der Waals surface area contributed by atoms with E-state index in [1.54, 1.807) is 23.0 Å². The van der Waals surface area contributed by atoms with Gasteiger partial charge in [0.05, 0.1) is 17.5 Å². The Kier molecular flexibility index (Phi) is 5.22. The molecule has 1 aromatic carbocycles. The van der Waals surface area contributed by atoms with Crippen molar-refractivity contribution in [2.75, 3.05) is 5.32 Å². The smallest absolute Gasteiger partial charge is 0.224 e. The predicted octanol–water partition coefficient (Wildman–Crippen LogP) is 4.67. The number of hydrogen-bond donors (Lipinski definition) is 1. The van der Waals surface area contributed by atoms with Crippen LogP contribution in [0.1, 0.15) is 36.2 Å². The van der Waals surface area contributed by atoms with Crippen molar-refractivity contribution in [3.05, 3.63) is 70.7 Å². The number of amides is 1. The van der Waals surface area contributed by atoms with Crippen LogP contribution in [0.3, 0.4) is 0 Å². The molecule has 0 aliphatic carbocycles. The largest absolute Gasteiger partial charge is 0.326 e. The van der Waals surface area contributed by atoms with Gasteiger partial charge in [0, 0.05) is 34.8 Å². The molecule has 0 unspecified atom stereocenters. The van der Waals surface area contributed by atoms with E-state index in [0.717, 1.165) is 16.9 Å². The molecule has 0 fully saturated rings. The summed E-state index contributed by atoms with van der Waals surface area (Å²) in [7, 11) is 0. The quantitative estimate of drug-likeness (QED) is 0.474. The van der Waals surface area contributed by atoms with E-state index in [9.17, 15) is 9.59 Å². The fraction of sp³-hybridized carbons (Fsp3) is 0.182. The number of benzene rings is 1. The van der Waals surface area contributed by atoms with Crippen molar-refractivity contribution in [2.24, 2.45) is 5.92 Å². The molecule has 0 spiro atoms. The highest BCUT2D eigenvalue weighted by Gasteiger charge is 2.18. The van der Waals surface area contributed by atoms with Gasteiger partial charge in [0.15, 0.2) is 11.4 Å². The minimum atomic E-state index is -0.0967. The van der Waals surface area contributed by atoms with Gasteiger partial charge in [0.1, 0.15) is 0 Å². The van der Waals surface area contributed by atoms with E-state index in [1.807, 2.05) is 54.9 Å². The van der Waals surface area contributed by atoms with Crippen molar-refractivity contribution >= 4 is 34.4 Å². The number of carbonyl (C=O) groups is 2. The van der Waals surface area contributed by atoms with Gasteiger partial charge in [-0.3, -0.25) is 9.59 Å². The third-order valence-electron chi connectivity index (χ3n) is 4.46. The van der Waals surface area contributed by atoms with Gasteiger partial charge in [-0.2, -0.15) is 16.4 Å². The lowest BCUT2D eigenvalue weighted by molar-refractivity contribution is -0.116. The molecule has 3 aromatic heterocycles. The topological polar surface area (TPSA) is 76.4 Å². The number of hydrogen-bond acceptors (Lipinski definition) is 5. The average Bonchev–Trinajstić information content (AvgIpc) is 3.37. The molecule has 0 aliphatic rings. The standard InChI is InChI=1S/C22H20N4O2S/c1-14(2)10-20(27)25-17-5-3-4-15(11-17)19-6-8-23-22-18(12-24-26(19)22)21(28)16-7-9-29-13-16/h3-9,11-14H,10H2,1-2H3,(H,25,27). The molecule has 3 heterocycles. The molecule has 29 heavy (non-hydrogen) atoms. The van der Waals surface area contributed by atoms with Crippen LogP contribution in [0.25, 0.3) is 16.9 Å². The van der Waals surface area contributed by atoms with Crippen LogP contribution in [0.15, 0.2) is 59.6 Å². The first kappa shape index (κ1) is 19.0. The number of fused-ring (bicyclic) bond motifs is 1. The molecule has 0 bridgehead atoms. The average molecular weight is 404 g/mol. The van der Waals surface area contributed by atoms with Gasteiger partial charge in [0.25, 0.3) is 0 Å². The van der Waals surface area contributed by atoms with Gasteiger partial charge in [-0.1, -0.05) is 26.0 Å². The maximum absolute atomic E-state index is 12.8. The fourth-order valence-corrected chi connectivity index (χ4v) is 3.79. The van der Waals surface area contributed by atoms with Crippen molar-refractivity contribution in [1.29, 1.82) is 0 Å². The third kappa shape index (κ3) is 3.95. The van der Waals surface area contributed by atoms with Crippen molar-refractivity contribution in [3.8, 4) is 11.3 Å². The van der Waals surface area contributed by atoms with Crippen LogP contribution < -0.4 is 5.32 Å². The molecule has 7 heteroatoms. The monoisotopic (exact) mass is 404 g/mol. The maximum atomic E-state index is 12.8. The first-order chi connectivity index (χ1) is 14.0. The Bertz CT molecular complexity index is 1180. The molecule has 4 rings (SSSR count). The molecule has 4 aromatic rings. The van der Waals surface area contributed by atoms with Gasteiger partial charge in [0.2, 0.25) is 5.91 Å². The van der Waals surface area contributed by atoms with Crippen molar-refractivity contribution in [2.45, 2.75) is 20.3 Å². The first-order valence-corrected chi connectivity index (χ1v) is 10.3. The summed E-state index contributed by atoms with van der Waals surface area (Å²) in [5.41, 5.74) is 3.99. The molecule has 0 aliphatic heterocycles. The minimum absolute atomic E-state index is 0.0141. The molecular weight excluding hydrogens is 384 g/mol. The number of anilines is 1. The Morgan fingerprint density at radius 2 is 2.07 bits per heavy atom. The Morgan fingerprint density at radius 1 is 1.21 bits per heavy atom. The van der Waals surface area contributed by atoms with Crippen LogP contribution in [0.4, 0.5) is 5.69 Å². The van der Waals surface area contributed by atoms with Gasteiger partial charge < -0.3 is 5.32 Å². The second-order valence-corrected chi connectivity index (χ2v) is 7.97. The van der Waals surface area contributed by atoms with Crippen molar-refractivity contribution in [1.82, 2.24) is 14.6 Å². The van der Waals surface area contributed by atoms with Gasteiger partial charge in [-0.25, -0.2) is 9.50 Å². The number of nitrogens with zero attached hydrogens (tertiary/aromatic N) is 3. The summed E-state index contributed by atoms with van der Waals surface area (Å²) in [6.07, 6.45) is 3.69. The zero-order chi connectivity index (χ0) is 20.4. The molecular formula is C22H20N4O2S. The SMILES string of the molecule is CC(C)CC(=O)Nc1cccc(-c2ccnc3c(C(=O)c4ccsc4)cnn23)c1. The molecule has 146 valence electrons. The molecule has 6 nitrogen and oxygen atoms in total. The summed E-state index contributed by atoms with van der Waals surface area (Å²) in [4.78, 5) is 29.2. The summed E-state index contributed by atoms with van der Waals surface area (Å²) >= 11 is 1.48. The Morgan fingerprint density at radius 3 is 2.83 bits per heavy atom. The molecule has 0 radical (unpaired) electrons. The lowest BCUT2D eigenvalue weighted by Gasteiger charge is -2.10. The second kappa shape index (κ2) is 7.97. The summed E-state index contributed by atoms with van der Waals surface area (Å²) < 4.78 is 1.66.